The molecule has 0 aliphatic heterocycles. The Bertz CT molecular complexity index is 553. The lowest BCUT2D eigenvalue weighted by atomic mass is 10.2. The number of hydrogen-bond acceptors (Lipinski definition) is 1. The second-order valence-corrected chi connectivity index (χ2v) is 5.12. The van der Waals surface area contributed by atoms with Crippen LogP contribution in [0.3, 0.4) is 0 Å². The summed E-state index contributed by atoms with van der Waals surface area (Å²) in [6, 6.07) is 2.47. The van der Waals surface area contributed by atoms with Crippen molar-refractivity contribution in [2.45, 2.75) is 18.8 Å². The van der Waals surface area contributed by atoms with E-state index in [-0.39, 0.29) is 11.4 Å². The minimum Gasteiger partial charge on any atom is -0.341 e. The second-order valence-electron chi connectivity index (χ2n) is 4.21. The Balaban J connectivity index is 2.07. The Morgan fingerprint density at radius 2 is 1.88 bits per heavy atom. The maximum atomic E-state index is 13.7. The summed E-state index contributed by atoms with van der Waals surface area (Å²) in [6.45, 7) is 0. The van der Waals surface area contributed by atoms with E-state index in [1.165, 1.54) is 12.1 Å². The lowest BCUT2D eigenvalue weighted by Crippen LogP contribution is -1.92. The fourth-order valence-electron chi connectivity index (χ4n) is 1.83. The Labute approximate surface area is 105 Å². The number of nitrogens with zero attached hydrogens (tertiary/aromatic N) is 1. The van der Waals surface area contributed by atoms with E-state index in [4.69, 9.17) is 0 Å². The van der Waals surface area contributed by atoms with Crippen LogP contribution in [-0.4, -0.2) is 9.97 Å². The summed E-state index contributed by atoms with van der Waals surface area (Å²) in [6.07, 6.45) is 3.90. The van der Waals surface area contributed by atoms with E-state index >= 15 is 0 Å². The minimum absolute atomic E-state index is 0.0971. The molecule has 1 N–H and O–H groups in total. The zero-order valence-corrected chi connectivity index (χ0v) is 10.4. The zero-order valence-electron chi connectivity index (χ0n) is 8.80. The van der Waals surface area contributed by atoms with Crippen LogP contribution in [0.1, 0.15) is 24.5 Å². The highest BCUT2D eigenvalue weighted by Crippen LogP contribution is 2.40. The van der Waals surface area contributed by atoms with Crippen molar-refractivity contribution >= 4 is 15.9 Å². The molecule has 0 amide bonds. The van der Waals surface area contributed by atoms with Crippen LogP contribution < -0.4 is 0 Å². The highest BCUT2D eigenvalue weighted by Gasteiger charge is 2.26. The van der Waals surface area contributed by atoms with Gasteiger partial charge in [0.25, 0.3) is 0 Å². The number of rotatable bonds is 2. The largest absolute Gasteiger partial charge is 0.341 e. The molecule has 2 aromatic rings. The van der Waals surface area contributed by atoms with Crippen molar-refractivity contribution < 1.29 is 8.78 Å². The Morgan fingerprint density at radius 1 is 1.24 bits per heavy atom. The van der Waals surface area contributed by atoms with Gasteiger partial charge in [-0.15, -0.1) is 0 Å². The molecule has 88 valence electrons. The molecule has 1 aromatic carbocycles. The summed E-state index contributed by atoms with van der Waals surface area (Å²) >= 11 is 3.05. The zero-order chi connectivity index (χ0) is 12.0. The molecular formula is C12H9BrF2N2. The molecule has 5 heteroatoms. The first-order valence-electron chi connectivity index (χ1n) is 5.35. The van der Waals surface area contributed by atoms with Crippen molar-refractivity contribution in [2.75, 3.05) is 0 Å². The quantitative estimate of drug-likeness (QED) is 0.892. The van der Waals surface area contributed by atoms with Crippen molar-refractivity contribution in [1.82, 2.24) is 9.97 Å². The van der Waals surface area contributed by atoms with Gasteiger partial charge in [-0.25, -0.2) is 13.8 Å². The smallest absolute Gasteiger partial charge is 0.143 e. The van der Waals surface area contributed by atoms with Crippen LogP contribution in [0.25, 0.3) is 11.4 Å². The number of aromatic nitrogens is 2. The maximum absolute atomic E-state index is 13.7. The number of halogens is 3. The van der Waals surface area contributed by atoms with Gasteiger partial charge in [-0.05, 0) is 25.0 Å². The first kappa shape index (κ1) is 10.9. The first-order valence-corrected chi connectivity index (χ1v) is 6.14. The van der Waals surface area contributed by atoms with E-state index in [1.54, 1.807) is 6.20 Å². The SMILES string of the molecule is Fc1cc(Br)cc(F)c1-c1ncc(C2CC2)[nH]1. The van der Waals surface area contributed by atoms with Gasteiger partial charge in [0, 0.05) is 22.3 Å². The highest BCUT2D eigenvalue weighted by molar-refractivity contribution is 9.10. The van der Waals surface area contributed by atoms with Gasteiger partial charge >= 0.3 is 0 Å². The van der Waals surface area contributed by atoms with Crippen molar-refractivity contribution in [3.8, 4) is 11.4 Å². The molecule has 3 rings (SSSR count). The topological polar surface area (TPSA) is 28.7 Å². The Hall–Kier alpha value is -1.23. The van der Waals surface area contributed by atoms with Crippen LogP contribution >= 0.6 is 15.9 Å². The van der Waals surface area contributed by atoms with Crippen LogP contribution in [0.5, 0.6) is 0 Å². The number of H-pyrrole nitrogens is 1. The third-order valence-corrected chi connectivity index (χ3v) is 3.31. The van der Waals surface area contributed by atoms with Crippen molar-refractivity contribution in [2.24, 2.45) is 0 Å². The first-order chi connectivity index (χ1) is 8.15. The van der Waals surface area contributed by atoms with E-state index in [1.807, 2.05) is 0 Å². The fraction of sp³-hybridized carbons (Fsp3) is 0.250. The Kier molecular flexibility index (Phi) is 2.50. The molecule has 1 saturated carbocycles. The van der Waals surface area contributed by atoms with Crippen LogP contribution in [0.2, 0.25) is 0 Å². The van der Waals surface area contributed by atoms with Crippen molar-refractivity contribution in [3.63, 3.8) is 0 Å². The molecule has 1 aromatic heterocycles. The van der Waals surface area contributed by atoms with Crippen LogP contribution in [0, 0.1) is 11.6 Å². The molecule has 0 unspecified atom stereocenters. The van der Waals surface area contributed by atoms with E-state index in [0.717, 1.165) is 18.5 Å². The lowest BCUT2D eigenvalue weighted by molar-refractivity contribution is 0.586. The molecule has 0 bridgehead atoms. The molecule has 1 aliphatic rings. The number of benzene rings is 1. The molecule has 1 heterocycles. The standard InChI is InChI=1S/C12H9BrF2N2/c13-7-3-8(14)11(9(15)4-7)12-16-5-10(17-12)6-1-2-6/h3-6H,1-2H2,(H,16,17). The molecular weight excluding hydrogens is 290 g/mol. The van der Waals surface area contributed by atoms with E-state index in [9.17, 15) is 8.78 Å². The normalized spacial score (nSPS) is 15.2. The molecule has 0 spiro atoms. The third kappa shape index (κ3) is 1.99. The maximum Gasteiger partial charge on any atom is 0.143 e. The summed E-state index contributed by atoms with van der Waals surface area (Å²) in [7, 11) is 0. The average Bonchev–Trinajstić information content (AvgIpc) is 2.98. The van der Waals surface area contributed by atoms with Gasteiger partial charge in [-0.1, -0.05) is 15.9 Å². The van der Waals surface area contributed by atoms with E-state index < -0.39 is 11.6 Å². The van der Waals surface area contributed by atoms with Gasteiger partial charge in [0.1, 0.15) is 17.5 Å². The summed E-state index contributed by atoms with van der Waals surface area (Å²) in [4.78, 5) is 7.03. The summed E-state index contributed by atoms with van der Waals surface area (Å²) < 4.78 is 27.8. The lowest BCUT2D eigenvalue weighted by Gasteiger charge is -2.02. The van der Waals surface area contributed by atoms with E-state index in [2.05, 4.69) is 25.9 Å². The molecule has 1 fully saturated rings. The van der Waals surface area contributed by atoms with Gasteiger partial charge in [-0.3, -0.25) is 0 Å². The monoisotopic (exact) mass is 298 g/mol. The van der Waals surface area contributed by atoms with Crippen LogP contribution in [0.4, 0.5) is 8.78 Å². The number of imidazole rings is 1. The average molecular weight is 299 g/mol. The summed E-state index contributed by atoms with van der Waals surface area (Å²) in [5, 5.41) is 0. The van der Waals surface area contributed by atoms with Gasteiger partial charge < -0.3 is 4.98 Å². The van der Waals surface area contributed by atoms with Crippen LogP contribution in [-0.2, 0) is 0 Å². The molecule has 0 saturated heterocycles. The van der Waals surface area contributed by atoms with Gasteiger partial charge in [0.15, 0.2) is 0 Å². The predicted molar refractivity (Wildman–Crippen MR) is 63.6 cm³/mol. The summed E-state index contributed by atoms with van der Waals surface area (Å²) in [5.74, 6) is -0.491. The van der Waals surface area contributed by atoms with Crippen LogP contribution in [0.15, 0.2) is 22.8 Å². The van der Waals surface area contributed by atoms with Crippen molar-refractivity contribution in [3.05, 3.63) is 40.1 Å². The predicted octanol–water partition coefficient (Wildman–Crippen LogP) is 3.99. The van der Waals surface area contributed by atoms with Gasteiger partial charge in [0.05, 0.1) is 5.56 Å². The second kappa shape index (κ2) is 3.91. The molecule has 17 heavy (non-hydrogen) atoms. The highest BCUT2D eigenvalue weighted by atomic mass is 79.9. The number of hydrogen-bond donors (Lipinski definition) is 1. The van der Waals surface area contributed by atoms with Gasteiger partial charge in [-0.2, -0.15) is 0 Å². The molecule has 0 radical (unpaired) electrons. The minimum atomic E-state index is -0.617. The molecule has 1 aliphatic carbocycles. The van der Waals surface area contributed by atoms with Gasteiger partial charge in [0.2, 0.25) is 0 Å². The molecule has 0 atom stereocenters. The summed E-state index contributed by atoms with van der Waals surface area (Å²) in [5.41, 5.74) is 0.863. The third-order valence-electron chi connectivity index (χ3n) is 2.86. The number of nitrogens with one attached hydrogen (secondary N) is 1. The fourth-order valence-corrected chi connectivity index (χ4v) is 2.23. The number of aromatic amines is 1. The van der Waals surface area contributed by atoms with E-state index in [0.29, 0.717) is 10.4 Å². The molecule has 2 nitrogen and oxygen atoms in total. The Morgan fingerprint density at radius 3 is 2.47 bits per heavy atom. The van der Waals surface area contributed by atoms with Crippen molar-refractivity contribution in [1.29, 1.82) is 0 Å².